The molecule has 0 N–H and O–H groups in total. The van der Waals surface area contributed by atoms with E-state index in [0.29, 0.717) is 17.8 Å². The van der Waals surface area contributed by atoms with Crippen LogP contribution >= 0.6 is 0 Å². The average Bonchev–Trinajstić information content (AvgIpc) is 2.43. The van der Waals surface area contributed by atoms with Gasteiger partial charge < -0.3 is 0 Å². The van der Waals surface area contributed by atoms with Crippen molar-refractivity contribution in [3.8, 4) is 0 Å². The minimum atomic E-state index is -3.42. The first kappa shape index (κ1) is 15.6. The third kappa shape index (κ3) is 4.59. The largest absolute Gasteiger partial charge is 0.248 e. The fourth-order valence-electron chi connectivity index (χ4n) is 1.62. The molecule has 5 heteroatoms. The standard InChI is InChI=1S/C14H20N2O2S/c1-4-7-8-9-10-19(17,18)14-15-12(5-2)11-13(6-3)16-14/h5-6,11H,2-4,7-10H2,1H3. The summed E-state index contributed by atoms with van der Waals surface area (Å²) in [7, 11) is -3.42. The first-order chi connectivity index (χ1) is 9.03. The van der Waals surface area contributed by atoms with Gasteiger partial charge in [0.15, 0.2) is 0 Å². The molecule has 0 aliphatic carbocycles. The summed E-state index contributed by atoms with van der Waals surface area (Å²) in [5.74, 6) is 0.0875. The summed E-state index contributed by atoms with van der Waals surface area (Å²) in [5, 5.41) is -0.128. The van der Waals surface area contributed by atoms with E-state index in [0.717, 1.165) is 19.3 Å². The molecule has 0 spiro atoms. The minimum Gasteiger partial charge on any atom is -0.220 e. The average molecular weight is 280 g/mol. The maximum atomic E-state index is 12.1. The predicted octanol–water partition coefficient (Wildman–Crippen LogP) is 3.12. The normalized spacial score (nSPS) is 11.2. The number of sulfone groups is 1. The van der Waals surface area contributed by atoms with Crippen LogP contribution in [0.4, 0.5) is 0 Å². The van der Waals surface area contributed by atoms with Crippen LogP contribution in [0.15, 0.2) is 24.4 Å². The quantitative estimate of drug-likeness (QED) is 0.542. The Morgan fingerprint density at radius 1 is 1.11 bits per heavy atom. The van der Waals surface area contributed by atoms with E-state index in [1.54, 1.807) is 6.07 Å². The fourth-order valence-corrected chi connectivity index (χ4v) is 2.88. The number of aromatic nitrogens is 2. The third-order valence-corrected chi connectivity index (χ3v) is 4.27. The summed E-state index contributed by atoms with van der Waals surface area (Å²) in [5.41, 5.74) is 0.995. The lowest BCUT2D eigenvalue weighted by atomic mass is 10.2. The van der Waals surface area contributed by atoms with Crippen molar-refractivity contribution >= 4 is 22.0 Å². The van der Waals surface area contributed by atoms with E-state index in [1.807, 2.05) is 0 Å². The van der Waals surface area contributed by atoms with E-state index in [-0.39, 0.29) is 10.9 Å². The number of hydrogen-bond donors (Lipinski definition) is 0. The van der Waals surface area contributed by atoms with Crippen molar-refractivity contribution in [2.24, 2.45) is 0 Å². The van der Waals surface area contributed by atoms with E-state index in [1.165, 1.54) is 12.2 Å². The van der Waals surface area contributed by atoms with Crippen LogP contribution in [0.2, 0.25) is 0 Å². The van der Waals surface area contributed by atoms with Crippen LogP contribution in [0.25, 0.3) is 12.2 Å². The molecule has 0 fully saturated rings. The number of nitrogens with zero attached hydrogens (tertiary/aromatic N) is 2. The lowest BCUT2D eigenvalue weighted by Gasteiger charge is -2.05. The third-order valence-electron chi connectivity index (χ3n) is 2.71. The summed E-state index contributed by atoms with van der Waals surface area (Å²) in [4.78, 5) is 8.01. The van der Waals surface area contributed by atoms with Gasteiger partial charge in [-0.05, 0) is 24.6 Å². The Morgan fingerprint density at radius 2 is 1.68 bits per heavy atom. The number of unbranched alkanes of at least 4 members (excludes halogenated alkanes) is 3. The topological polar surface area (TPSA) is 59.9 Å². The summed E-state index contributed by atoms with van der Waals surface area (Å²) in [6, 6.07) is 1.65. The van der Waals surface area contributed by atoms with Crippen molar-refractivity contribution in [3.05, 3.63) is 30.6 Å². The summed E-state index contributed by atoms with van der Waals surface area (Å²) < 4.78 is 24.3. The first-order valence-corrected chi connectivity index (χ1v) is 8.05. The molecule has 0 unspecified atom stereocenters. The molecule has 1 aromatic rings. The van der Waals surface area contributed by atoms with Crippen molar-refractivity contribution in [1.82, 2.24) is 9.97 Å². The maximum absolute atomic E-state index is 12.1. The lowest BCUT2D eigenvalue weighted by Crippen LogP contribution is -2.12. The van der Waals surface area contributed by atoms with Crippen LogP contribution in [-0.4, -0.2) is 24.1 Å². The molecule has 1 heterocycles. The lowest BCUT2D eigenvalue weighted by molar-refractivity contribution is 0.579. The van der Waals surface area contributed by atoms with Gasteiger partial charge in [0.25, 0.3) is 0 Å². The Balaban J connectivity index is 2.93. The van der Waals surface area contributed by atoms with Gasteiger partial charge in [0.05, 0.1) is 17.1 Å². The highest BCUT2D eigenvalue weighted by atomic mass is 32.2. The number of rotatable bonds is 8. The second kappa shape index (κ2) is 7.19. The molecule has 0 aromatic carbocycles. The molecule has 0 radical (unpaired) electrons. The van der Waals surface area contributed by atoms with Crippen LogP contribution in [-0.2, 0) is 9.84 Å². The fraction of sp³-hybridized carbons (Fsp3) is 0.429. The molecular weight excluding hydrogens is 260 g/mol. The zero-order valence-electron chi connectivity index (χ0n) is 11.3. The molecule has 0 aliphatic heterocycles. The Hall–Kier alpha value is -1.49. The summed E-state index contributed by atoms with van der Waals surface area (Å²) >= 11 is 0. The number of hydrogen-bond acceptors (Lipinski definition) is 4. The van der Waals surface area contributed by atoms with E-state index in [4.69, 9.17) is 0 Å². The highest BCUT2D eigenvalue weighted by Gasteiger charge is 2.18. The van der Waals surface area contributed by atoms with E-state index in [9.17, 15) is 8.42 Å². The zero-order chi connectivity index (χ0) is 14.3. The maximum Gasteiger partial charge on any atom is 0.248 e. The van der Waals surface area contributed by atoms with Crippen LogP contribution < -0.4 is 0 Å². The molecule has 19 heavy (non-hydrogen) atoms. The van der Waals surface area contributed by atoms with Gasteiger partial charge >= 0.3 is 0 Å². The van der Waals surface area contributed by atoms with Crippen molar-refractivity contribution in [2.45, 2.75) is 37.8 Å². The van der Waals surface area contributed by atoms with E-state index in [2.05, 4.69) is 30.0 Å². The monoisotopic (exact) mass is 280 g/mol. The SMILES string of the molecule is C=Cc1cc(C=C)nc(S(=O)(=O)CCCCCC)n1. The molecule has 0 amide bonds. The van der Waals surface area contributed by atoms with Crippen molar-refractivity contribution in [3.63, 3.8) is 0 Å². The predicted molar refractivity (Wildman–Crippen MR) is 78.4 cm³/mol. The molecule has 1 rings (SSSR count). The van der Waals surface area contributed by atoms with Gasteiger partial charge in [-0.25, -0.2) is 18.4 Å². The first-order valence-electron chi connectivity index (χ1n) is 6.40. The van der Waals surface area contributed by atoms with Crippen molar-refractivity contribution in [1.29, 1.82) is 0 Å². The van der Waals surface area contributed by atoms with Gasteiger partial charge in [0.2, 0.25) is 15.0 Å². The van der Waals surface area contributed by atoms with E-state index >= 15 is 0 Å². The van der Waals surface area contributed by atoms with Gasteiger partial charge in [0.1, 0.15) is 0 Å². The Bertz CT molecular complexity index is 524. The molecule has 0 aliphatic rings. The molecular formula is C14H20N2O2S. The van der Waals surface area contributed by atoms with Crippen molar-refractivity contribution in [2.75, 3.05) is 5.75 Å². The summed E-state index contributed by atoms with van der Waals surface area (Å²) in [6.45, 7) is 9.28. The second-order valence-corrected chi connectivity index (χ2v) is 6.29. The Morgan fingerprint density at radius 3 is 2.16 bits per heavy atom. The van der Waals surface area contributed by atoms with Gasteiger partial charge in [-0.15, -0.1) is 0 Å². The van der Waals surface area contributed by atoms with E-state index < -0.39 is 9.84 Å². The summed E-state index contributed by atoms with van der Waals surface area (Å²) in [6.07, 6.45) is 6.67. The van der Waals surface area contributed by atoms with Crippen LogP contribution in [0.3, 0.4) is 0 Å². The highest BCUT2D eigenvalue weighted by molar-refractivity contribution is 7.91. The zero-order valence-corrected chi connectivity index (χ0v) is 12.1. The molecule has 0 bridgehead atoms. The molecule has 0 atom stereocenters. The molecule has 0 saturated heterocycles. The van der Waals surface area contributed by atoms with Gasteiger partial charge in [-0.1, -0.05) is 39.3 Å². The van der Waals surface area contributed by atoms with Crippen molar-refractivity contribution < 1.29 is 8.42 Å². The van der Waals surface area contributed by atoms with Gasteiger partial charge in [0, 0.05) is 0 Å². The molecule has 1 aromatic heterocycles. The van der Waals surface area contributed by atoms with Crippen LogP contribution in [0, 0.1) is 0 Å². The van der Waals surface area contributed by atoms with Gasteiger partial charge in [-0.3, -0.25) is 0 Å². The van der Waals surface area contributed by atoms with Crippen LogP contribution in [0.5, 0.6) is 0 Å². The Kier molecular flexibility index (Phi) is 5.89. The second-order valence-electron chi connectivity index (χ2n) is 4.29. The van der Waals surface area contributed by atoms with Crippen LogP contribution in [0.1, 0.15) is 44.0 Å². The minimum absolute atomic E-state index is 0.0875. The van der Waals surface area contributed by atoms with Gasteiger partial charge in [-0.2, -0.15) is 0 Å². The highest BCUT2D eigenvalue weighted by Crippen LogP contribution is 2.12. The molecule has 104 valence electrons. The smallest absolute Gasteiger partial charge is 0.220 e. The molecule has 0 saturated carbocycles. The molecule has 4 nitrogen and oxygen atoms in total. The Labute approximate surface area is 115 Å².